The van der Waals surface area contributed by atoms with Gasteiger partial charge in [0.2, 0.25) is 5.91 Å². The molecule has 1 fully saturated rings. The largest absolute Gasteiger partial charge is 0.344 e. The van der Waals surface area contributed by atoms with Crippen molar-refractivity contribution < 1.29 is 4.79 Å². The van der Waals surface area contributed by atoms with Gasteiger partial charge in [-0.2, -0.15) is 5.10 Å². The molecule has 2 unspecified atom stereocenters. The SMILES string of the molecule is CCn1nc(C)c(C(C)NC2CCN(C)C2=O)c1C. The number of nitrogens with one attached hydrogen (secondary N) is 1. The maximum absolute atomic E-state index is 11.9. The molecule has 1 N–H and O–H groups in total. The second kappa shape index (κ2) is 5.33. The Bertz CT molecular complexity index is 480. The number of aromatic nitrogens is 2. The molecule has 5 nitrogen and oxygen atoms in total. The smallest absolute Gasteiger partial charge is 0.239 e. The third-order valence-electron chi connectivity index (χ3n) is 4.05. The molecular weight excluding hydrogens is 240 g/mol. The molecule has 0 aromatic carbocycles. The summed E-state index contributed by atoms with van der Waals surface area (Å²) < 4.78 is 2.02. The van der Waals surface area contributed by atoms with Crippen molar-refractivity contribution in [1.82, 2.24) is 20.0 Å². The van der Waals surface area contributed by atoms with E-state index in [1.807, 2.05) is 18.7 Å². The van der Waals surface area contributed by atoms with Crippen molar-refractivity contribution in [3.8, 4) is 0 Å². The normalized spacial score (nSPS) is 21.2. The van der Waals surface area contributed by atoms with Crippen LogP contribution in [0.2, 0.25) is 0 Å². The maximum Gasteiger partial charge on any atom is 0.239 e. The van der Waals surface area contributed by atoms with E-state index in [0.717, 1.165) is 25.2 Å². The van der Waals surface area contributed by atoms with Gasteiger partial charge < -0.3 is 4.90 Å². The molecule has 1 saturated heterocycles. The molecule has 0 radical (unpaired) electrons. The highest BCUT2D eigenvalue weighted by Crippen LogP contribution is 2.23. The first kappa shape index (κ1) is 14.1. The summed E-state index contributed by atoms with van der Waals surface area (Å²) in [5.41, 5.74) is 3.47. The zero-order chi connectivity index (χ0) is 14.2. The Morgan fingerprint density at radius 2 is 2.16 bits per heavy atom. The number of nitrogens with zero attached hydrogens (tertiary/aromatic N) is 3. The summed E-state index contributed by atoms with van der Waals surface area (Å²) in [5.74, 6) is 0.199. The molecule has 2 atom stereocenters. The first-order valence-corrected chi connectivity index (χ1v) is 7.00. The van der Waals surface area contributed by atoms with Crippen LogP contribution in [0.1, 0.15) is 43.3 Å². The molecule has 0 aliphatic carbocycles. The van der Waals surface area contributed by atoms with Crippen molar-refractivity contribution in [2.45, 2.75) is 52.7 Å². The van der Waals surface area contributed by atoms with E-state index in [1.165, 1.54) is 11.3 Å². The summed E-state index contributed by atoms with van der Waals surface area (Å²) in [5, 5.41) is 7.99. The van der Waals surface area contributed by atoms with E-state index >= 15 is 0 Å². The van der Waals surface area contributed by atoms with Crippen LogP contribution in [-0.2, 0) is 11.3 Å². The van der Waals surface area contributed by atoms with Crippen LogP contribution in [0.15, 0.2) is 0 Å². The molecular formula is C14H24N4O. The zero-order valence-electron chi connectivity index (χ0n) is 12.5. The van der Waals surface area contributed by atoms with E-state index in [0.29, 0.717) is 0 Å². The molecule has 0 saturated carbocycles. The van der Waals surface area contributed by atoms with E-state index in [9.17, 15) is 4.79 Å². The summed E-state index contributed by atoms with van der Waals surface area (Å²) >= 11 is 0. The van der Waals surface area contributed by atoms with Crippen molar-refractivity contribution in [3.63, 3.8) is 0 Å². The Labute approximate surface area is 115 Å². The second-order valence-electron chi connectivity index (χ2n) is 5.39. The van der Waals surface area contributed by atoms with Crippen LogP contribution < -0.4 is 5.32 Å². The van der Waals surface area contributed by atoms with Crippen LogP contribution in [0.5, 0.6) is 0 Å². The van der Waals surface area contributed by atoms with Gasteiger partial charge in [-0.25, -0.2) is 0 Å². The minimum atomic E-state index is -0.0521. The van der Waals surface area contributed by atoms with Gasteiger partial charge in [0, 0.05) is 37.4 Å². The highest BCUT2D eigenvalue weighted by atomic mass is 16.2. The van der Waals surface area contributed by atoms with E-state index in [-0.39, 0.29) is 18.0 Å². The Kier molecular flexibility index (Phi) is 3.94. The van der Waals surface area contributed by atoms with Gasteiger partial charge in [-0.1, -0.05) is 0 Å². The number of hydrogen-bond donors (Lipinski definition) is 1. The lowest BCUT2D eigenvalue weighted by Gasteiger charge is -2.19. The summed E-state index contributed by atoms with van der Waals surface area (Å²) in [4.78, 5) is 13.7. The molecule has 1 aliphatic rings. The molecule has 19 heavy (non-hydrogen) atoms. The van der Waals surface area contributed by atoms with Crippen molar-refractivity contribution in [3.05, 3.63) is 17.0 Å². The molecule has 2 heterocycles. The van der Waals surface area contributed by atoms with Gasteiger partial charge in [0.1, 0.15) is 0 Å². The van der Waals surface area contributed by atoms with Crippen LogP contribution in [0.25, 0.3) is 0 Å². The molecule has 1 amide bonds. The molecule has 5 heteroatoms. The highest BCUT2D eigenvalue weighted by Gasteiger charge is 2.31. The Morgan fingerprint density at radius 3 is 2.63 bits per heavy atom. The topological polar surface area (TPSA) is 50.2 Å². The van der Waals surface area contributed by atoms with Crippen molar-refractivity contribution >= 4 is 5.91 Å². The van der Waals surface area contributed by atoms with Gasteiger partial charge in [0.25, 0.3) is 0 Å². The first-order valence-electron chi connectivity index (χ1n) is 7.00. The summed E-state index contributed by atoms with van der Waals surface area (Å²) in [6, 6.07) is 0.101. The van der Waals surface area contributed by atoms with Crippen LogP contribution in [0.3, 0.4) is 0 Å². The molecule has 1 aliphatic heterocycles. The molecule has 0 bridgehead atoms. The predicted octanol–water partition coefficient (Wildman–Crippen LogP) is 1.40. The van der Waals surface area contributed by atoms with Crippen LogP contribution in [0, 0.1) is 13.8 Å². The summed E-state index contributed by atoms with van der Waals surface area (Å²) in [6.45, 7) is 10.1. The van der Waals surface area contributed by atoms with Gasteiger partial charge in [-0.15, -0.1) is 0 Å². The average molecular weight is 264 g/mol. The number of rotatable bonds is 4. The van der Waals surface area contributed by atoms with Crippen LogP contribution in [-0.4, -0.2) is 40.2 Å². The number of carbonyl (C=O) groups is 1. The third kappa shape index (κ3) is 2.52. The fourth-order valence-corrected chi connectivity index (χ4v) is 3.01. The minimum Gasteiger partial charge on any atom is -0.344 e. The number of aryl methyl sites for hydroxylation is 2. The quantitative estimate of drug-likeness (QED) is 0.894. The number of likely N-dealkylation sites (N-methyl/N-ethyl adjacent to an activating group) is 1. The van der Waals surface area contributed by atoms with E-state index < -0.39 is 0 Å². The lowest BCUT2D eigenvalue weighted by molar-refractivity contribution is -0.128. The van der Waals surface area contributed by atoms with Crippen LogP contribution >= 0.6 is 0 Å². The van der Waals surface area contributed by atoms with Gasteiger partial charge in [0.15, 0.2) is 0 Å². The lowest BCUT2D eigenvalue weighted by atomic mass is 10.0. The number of amides is 1. The fourth-order valence-electron chi connectivity index (χ4n) is 3.01. The number of likely N-dealkylation sites (tertiary alicyclic amines) is 1. The average Bonchev–Trinajstić information content (AvgIpc) is 2.83. The fraction of sp³-hybridized carbons (Fsp3) is 0.714. The van der Waals surface area contributed by atoms with Gasteiger partial charge >= 0.3 is 0 Å². The van der Waals surface area contributed by atoms with E-state index in [4.69, 9.17) is 0 Å². The highest BCUT2D eigenvalue weighted by molar-refractivity contribution is 5.83. The third-order valence-corrected chi connectivity index (χ3v) is 4.05. The van der Waals surface area contributed by atoms with Gasteiger partial charge in [0.05, 0.1) is 11.7 Å². The van der Waals surface area contributed by atoms with Crippen molar-refractivity contribution in [2.24, 2.45) is 0 Å². The van der Waals surface area contributed by atoms with Gasteiger partial charge in [-0.3, -0.25) is 14.8 Å². The standard InChI is InChI=1S/C14H24N4O/c1-6-18-11(4)13(10(3)16-18)9(2)15-12-7-8-17(5)14(12)19/h9,12,15H,6-8H2,1-5H3. The Morgan fingerprint density at radius 1 is 1.47 bits per heavy atom. The molecule has 106 valence electrons. The number of hydrogen-bond acceptors (Lipinski definition) is 3. The Hall–Kier alpha value is -1.36. The first-order chi connectivity index (χ1) is 8.95. The van der Waals surface area contributed by atoms with Crippen LogP contribution in [0.4, 0.5) is 0 Å². The van der Waals surface area contributed by atoms with E-state index in [1.54, 1.807) is 4.90 Å². The monoisotopic (exact) mass is 264 g/mol. The van der Waals surface area contributed by atoms with E-state index in [2.05, 4.69) is 31.2 Å². The second-order valence-corrected chi connectivity index (χ2v) is 5.39. The van der Waals surface area contributed by atoms with Crippen molar-refractivity contribution in [1.29, 1.82) is 0 Å². The molecule has 1 aromatic rings. The lowest BCUT2D eigenvalue weighted by Crippen LogP contribution is -2.38. The molecule has 0 spiro atoms. The number of carbonyl (C=O) groups excluding carboxylic acids is 1. The van der Waals surface area contributed by atoms with Gasteiger partial charge in [-0.05, 0) is 34.1 Å². The molecule has 2 rings (SSSR count). The predicted molar refractivity (Wildman–Crippen MR) is 75.0 cm³/mol. The maximum atomic E-state index is 11.9. The minimum absolute atomic E-state index is 0.0521. The summed E-state index contributed by atoms with van der Waals surface area (Å²) in [6.07, 6.45) is 0.889. The molecule has 1 aromatic heterocycles. The Balaban J connectivity index is 2.14. The van der Waals surface area contributed by atoms with Crippen molar-refractivity contribution in [2.75, 3.05) is 13.6 Å². The zero-order valence-corrected chi connectivity index (χ0v) is 12.5. The summed E-state index contributed by atoms with van der Waals surface area (Å²) in [7, 11) is 1.86.